The van der Waals surface area contributed by atoms with Crippen molar-refractivity contribution in [1.82, 2.24) is 9.97 Å². The van der Waals surface area contributed by atoms with Crippen LogP contribution in [0.1, 0.15) is 5.56 Å². The maximum absolute atomic E-state index is 9.72. The van der Waals surface area contributed by atoms with Gasteiger partial charge in [0.05, 0.1) is 24.4 Å². The number of hydrogen-bond acceptors (Lipinski definition) is 6. The normalized spacial score (nSPS) is 11.0. The highest BCUT2D eigenvalue weighted by atomic mass is 35.5. The second kappa shape index (κ2) is 6.50. The number of hydrazone groups is 1. The van der Waals surface area contributed by atoms with Crippen LogP contribution in [-0.4, -0.2) is 28.4 Å². The minimum Gasteiger partial charge on any atom is -0.504 e. The Morgan fingerprint density at radius 2 is 1.91 bits per heavy atom. The average Bonchev–Trinajstić information content (AvgIpc) is 2.55. The third kappa shape index (κ3) is 3.32. The van der Waals surface area contributed by atoms with Gasteiger partial charge < -0.3 is 9.84 Å². The van der Waals surface area contributed by atoms with E-state index in [-0.39, 0.29) is 10.9 Å². The number of para-hydroxylation sites is 2. The smallest absolute Gasteiger partial charge is 0.185 e. The van der Waals surface area contributed by atoms with Gasteiger partial charge in [0.2, 0.25) is 0 Å². The molecule has 23 heavy (non-hydrogen) atoms. The largest absolute Gasteiger partial charge is 0.504 e. The van der Waals surface area contributed by atoms with Crippen molar-refractivity contribution < 1.29 is 9.84 Å². The highest BCUT2D eigenvalue weighted by Gasteiger charge is 2.05. The van der Waals surface area contributed by atoms with Crippen molar-refractivity contribution in [3.63, 3.8) is 0 Å². The first-order chi connectivity index (χ1) is 11.2. The molecule has 0 saturated heterocycles. The van der Waals surface area contributed by atoms with E-state index in [1.807, 2.05) is 24.3 Å². The van der Waals surface area contributed by atoms with Crippen molar-refractivity contribution in [3.8, 4) is 11.5 Å². The Bertz CT molecular complexity index is 883. The van der Waals surface area contributed by atoms with E-state index in [0.29, 0.717) is 22.6 Å². The van der Waals surface area contributed by atoms with Crippen LogP contribution in [0.3, 0.4) is 0 Å². The van der Waals surface area contributed by atoms with Crippen molar-refractivity contribution in [2.45, 2.75) is 0 Å². The summed E-state index contributed by atoms with van der Waals surface area (Å²) >= 11 is 6.08. The van der Waals surface area contributed by atoms with Gasteiger partial charge in [-0.2, -0.15) is 5.10 Å². The van der Waals surface area contributed by atoms with E-state index in [2.05, 4.69) is 20.5 Å². The minimum atomic E-state index is 0.0416. The lowest BCUT2D eigenvalue weighted by Crippen LogP contribution is -1.97. The van der Waals surface area contributed by atoms with Gasteiger partial charge in [0, 0.05) is 0 Å². The van der Waals surface area contributed by atoms with Crippen LogP contribution < -0.4 is 10.2 Å². The number of nitrogens with one attached hydrogen (secondary N) is 1. The summed E-state index contributed by atoms with van der Waals surface area (Å²) in [7, 11) is 1.49. The second-order valence-electron chi connectivity index (χ2n) is 4.65. The van der Waals surface area contributed by atoms with Crippen molar-refractivity contribution in [2.24, 2.45) is 5.10 Å². The number of ether oxygens (including phenoxy) is 1. The van der Waals surface area contributed by atoms with Crippen LogP contribution in [0, 0.1) is 0 Å². The lowest BCUT2D eigenvalue weighted by molar-refractivity contribution is 0.373. The molecule has 3 rings (SSSR count). The van der Waals surface area contributed by atoms with Crippen LogP contribution in [-0.2, 0) is 0 Å². The number of benzene rings is 2. The summed E-state index contributed by atoms with van der Waals surface area (Å²) in [6, 6.07) is 12.4. The molecule has 0 atom stereocenters. The molecule has 2 aromatic carbocycles. The molecular formula is C16H13ClN4O2. The molecule has 1 aromatic heterocycles. The van der Waals surface area contributed by atoms with E-state index in [1.165, 1.54) is 19.4 Å². The Morgan fingerprint density at radius 3 is 2.61 bits per heavy atom. The zero-order valence-electron chi connectivity index (χ0n) is 12.2. The Kier molecular flexibility index (Phi) is 4.25. The van der Waals surface area contributed by atoms with E-state index < -0.39 is 0 Å². The Morgan fingerprint density at radius 1 is 1.17 bits per heavy atom. The van der Waals surface area contributed by atoms with Crippen LogP contribution >= 0.6 is 11.6 Å². The Balaban J connectivity index is 1.80. The first-order valence-corrected chi connectivity index (χ1v) is 7.13. The lowest BCUT2D eigenvalue weighted by atomic mass is 10.2. The van der Waals surface area contributed by atoms with Crippen molar-refractivity contribution in [3.05, 3.63) is 53.2 Å². The van der Waals surface area contributed by atoms with Gasteiger partial charge in [0.25, 0.3) is 0 Å². The molecule has 0 aliphatic heterocycles. The van der Waals surface area contributed by atoms with Gasteiger partial charge in [0.1, 0.15) is 0 Å². The summed E-state index contributed by atoms with van der Waals surface area (Å²) in [6.07, 6.45) is 1.53. The van der Waals surface area contributed by atoms with Gasteiger partial charge >= 0.3 is 0 Å². The maximum Gasteiger partial charge on any atom is 0.185 e. The number of fused-ring (bicyclic) bond motifs is 1. The summed E-state index contributed by atoms with van der Waals surface area (Å²) in [5.74, 6) is 0.804. The minimum absolute atomic E-state index is 0.0416. The predicted octanol–water partition coefficient (Wildman–Crippen LogP) is 3.44. The number of hydrogen-bond donors (Lipinski definition) is 2. The number of aromatic nitrogens is 2. The van der Waals surface area contributed by atoms with Gasteiger partial charge in [-0.3, -0.25) is 5.43 Å². The number of phenols is 1. The van der Waals surface area contributed by atoms with Crippen LogP contribution in [0.15, 0.2) is 47.6 Å². The van der Waals surface area contributed by atoms with Crippen molar-refractivity contribution in [1.29, 1.82) is 0 Å². The number of halogens is 1. The monoisotopic (exact) mass is 328 g/mol. The summed E-state index contributed by atoms with van der Waals surface area (Å²) < 4.78 is 4.98. The average molecular weight is 329 g/mol. The molecule has 0 aliphatic rings. The number of aromatic hydroxyl groups is 1. The van der Waals surface area contributed by atoms with Gasteiger partial charge in [-0.25, -0.2) is 9.97 Å². The second-order valence-corrected chi connectivity index (χ2v) is 5.01. The molecule has 0 saturated carbocycles. The van der Waals surface area contributed by atoms with Gasteiger partial charge in [-0.1, -0.05) is 23.7 Å². The highest BCUT2D eigenvalue weighted by Crippen LogP contribution is 2.25. The van der Waals surface area contributed by atoms with Crippen LogP contribution in [0.2, 0.25) is 5.15 Å². The van der Waals surface area contributed by atoms with Gasteiger partial charge in [-0.15, -0.1) is 0 Å². The molecule has 0 aliphatic carbocycles. The molecule has 3 aromatic rings. The van der Waals surface area contributed by atoms with Crippen molar-refractivity contribution in [2.75, 3.05) is 12.5 Å². The fourth-order valence-corrected chi connectivity index (χ4v) is 2.18. The SMILES string of the molecule is COc1ccc(/C=N/Nc2nc3ccccc3nc2Cl)cc1O. The molecule has 2 N–H and O–H groups in total. The molecule has 0 spiro atoms. The topological polar surface area (TPSA) is 79.6 Å². The van der Waals surface area contributed by atoms with Crippen LogP contribution in [0.5, 0.6) is 11.5 Å². The zero-order valence-corrected chi connectivity index (χ0v) is 12.9. The Hall–Kier alpha value is -2.86. The summed E-state index contributed by atoms with van der Waals surface area (Å²) in [4.78, 5) is 8.61. The molecular weight excluding hydrogens is 316 g/mol. The molecule has 0 radical (unpaired) electrons. The fraction of sp³-hybridized carbons (Fsp3) is 0.0625. The molecule has 0 bridgehead atoms. The van der Waals surface area contributed by atoms with Crippen molar-refractivity contribution >= 4 is 34.7 Å². The number of phenolic OH excluding ortho intramolecular Hbond substituents is 1. The third-order valence-corrected chi connectivity index (χ3v) is 3.38. The van der Waals surface area contributed by atoms with E-state index in [0.717, 1.165) is 5.52 Å². The van der Waals surface area contributed by atoms with E-state index in [4.69, 9.17) is 16.3 Å². The van der Waals surface area contributed by atoms with E-state index in [1.54, 1.807) is 12.1 Å². The number of rotatable bonds is 4. The fourth-order valence-electron chi connectivity index (χ4n) is 2.00. The summed E-state index contributed by atoms with van der Waals surface area (Å²) in [5, 5.41) is 14.0. The first-order valence-electron chi connectivity index (χ1n) is 6.76. The lowest BCUT2D eigenvalue weighted by Gasteiger charge is -2.05. The molecule has 0 fully saturated rings. The van der Waals surface area contributed by atoms with Gasteiger partial charge in [-0.05, 0) is 35.9 Å². The molecule has 0 unspecified atom stereocenters. The third-order valence-electron chi connectivity index (χ3n) is 3.11. The van der Waals surface area contributed by atoms with Crippen LogP contribution in [0.25, 0.3) is 11.0 Å². The van der Waals surface area contributed by atoms with E-state index >= 15 is 0 Å². The van der Waals surface area contributed by atoms with Gasteiger partial charge in [0.15, 0.2) is 22.5 Å². The maximum atomic E-state index is 9.72. The van der Waals surface area contributed by atoms with Crippen LogP contribution in [0.4, 0.5) is 5.82 Å². The first kappa shape index (κ1) is 15.1. The number of methoxy groups -OCH3 is 1. The quantitative estimate of drug-likeness (QED) is 0.566. The number of anilines is 1. The highest BCUT2D eigenvalue weighted by molar-refractivity contribution is 6.32. The Labute approximate surface area is 137 Å². The molecule has 7 heteroatoms. The summed E-state index contributed by atoms with van der Waals surface area (Å²) in [6.45, 7) is 0. The number of nitrogens with zero attached hydrogens (tertiary/aromatic N) is 3. The molecule has 1 heterocycles. The zero-order chi connectivity index (χ0) is 16.2. The molecule has 6 nitrogen and oxygen atoms in total. The molecule has 0 amide bonds. The predicted molar refractivity (Wildman–Crippen MR) is 90.4 cm³/mol. The molecule has 116 valence electrons. The standard InChI is InChI=1S/C16H13ClN4O2/c1-23-14-7-6-10(8-13(14)22)9-18-21-16-15(17)19-11-4-2-3-5-12(11)20-16/h2-9,22H,1H3,(H,20,21)/b18-9+. The summed E-state index contributed by atoms with van der Waals surface area (Å²) in [5.41, 5.74) is 4.88. The van der Waals surface area contributed by atoms with E-state index in [9.17, 15) is 5.11 Å².